The van der Waals surface area contributed by atoms with E-state index in [1.165, 1.54) is 16.7 Å². The molecule has 1 heterocycles. The number of rotatable bonds is 10. The van der Waals surface area contributed by atoms with Crippen molar-refractivity contribution in [3.05, 3.63) is 22.8 Å². The monoisotopic (exact) mass is 448 g/mol. The van der Waals surface area contributed by atoms with Gasteiger partial charge in [-0.25, -0.2) is 4.39 Å². The second kappa shape index (κ2) is 11.9. The molecule has 3 rings (SSSR count). The second-order valence-corrected chi connectivity index (χ2v) is 10.5. The Hall–Kier alpha value is -1.00. The van der Waals surface area contributed by atoms with Crippen LogP contribution < -0.4 is 0 Å². The maximum atomic E-state index is 13.7. The molecule has 4 heteroatoms. The molecule has 3 nitrogen and oxygen atoms in total. The molecule has 3 aliphatic rings. The van der Waals surface area contributed by atoms with Crippen molar-refractivity contribution >= 4 is 5.78 Å². The summed E-state index contributed by atoms with van der Waals surface area (Å²) >= 11 is 0. The maximum Gasteiger partial charge on any atom is 0.136 e. The Morgan fingerprint density at radius 2 is 2.00 bits per heavy atom. The van der Waals surface area contributed by atoms with Crippen LogP contribution in [0.4, 0.5) is 4.39 Å². The Kier molecular flexibility index (Phi) is 9.55. The van der Waals surface area contributed by atoms with Crippen molar-refractivity contribution in [1.82, 2.24) is 0 Å². The van der Waals surface area contributed by atoms with Crippen LogP contribution >= 0.6 is 0 Å². The van der Waals surface area contributed by atoms with Crippen molar-refractivity contribution < 1.29 is 18.7 Å². The van der Waals surface area contributed by atoms with E-state index in [4.69, 9.17) is 9.47 Å². The van der Waals surface area contributed by atoms with Gasteiger partial charge < -0.3 is 9.47 Å². The first-order valence-corrected chi connectivity index (χ1v) is 13.2. The molecule has 0 radical (unpaired) electrons. The van der Waals surface area contributed by atoms with Crippen molar-refractivity contribution in [2.24, 2.45) is 5.92 Å². The molecule has 182 valence electrons. The number of ether oxygens (including phenoxy) is 2. The smallest absolute Gasteiger partial charge is 0.136 e. The van der Waals surface area contributed by atoms with Crippen LogP contribution in [0.2, 0.25) is 0 Å². The fourth-order valence-electron chi connectivity index (χ4n) is 6.06. The van der Waals surface area contributed by atoms with Crippen LogP contribution in [0, 0.1) is 5.92 Å². The summed E-state index contributed by atoms with van der Waals surface area (Å²) in [6, 6.07) is 0. The van der Waals surface area contributed by atoms with Gasteiger partial charge in [0.05, 0.1) is 17.8 Å². The fraction of sp³-hybridized carbons (Fsp3) is 0.821. The van der Waals surface area contributed by atoms with Gasteiger partial charge in [0.25, 0.3) is 0 Å². The number of allylic oxidation sites excluding steroid dienone is 3. The minimum absolute atomic E-state index is 0.0316. The van der Waals surface area contributed by atoms with Gasteiger partial charge in [-0.15, -0.1) is 0 Å². The molecule has 1 aliphatic heterocycles. The lowest BCUT2D eigenvalue weighted by Gasteiger charge is -2.46. The SMILES string of the molecule is CCCC1(CCCC(=O)C2CCC(C)=C(C)C2)CC(OCC)CC(C2=CCC(F)CC2)O1. The quantitative estimate of drug-likeness (QED) is 0.326. The van der Waals surface area contributed by atoms with Crippen LogP contribution in [0.1, 0.15) is 111 Å². The number of ketones is 1. The van der Waals surface area contributed by atoms with Gasteiger partial charge in [-0.2, -0.15) is 0 Å². The Morgan fingerprint density at radius 1 is 1.19 bits per heavy atom. The third-order valence-corrected chi connectivity index (χ3v) is 8.03. The molecule has 0 spiro atoms. The van der Waals surface area contributed by atoms with Gasteiger partial charge in [-0.3, -0.25) is 4.79 Å². The summed E-state index contributed by atoms with van der Waals surface area (Å²) in [6.07, 6.45) is 12.8. The molecule has 0 saturated carbocycles. The summed E-state index contributed by atoms with van der Waals surface area (Å²) < 4.78 is 26.6. The molecule has 0 bridgehead atoms. The molecule has 0 amide bonds. The molecule has 2 aliphatic carbocycles. The topological polar surface area (TPSA) is 35.5 Å². The number of alkyl halides is 1. The van der Waals surface area contributed by atoms with Crippen LogP contribution in [-0.2, 0) is 14.3 Å². The number of carbonyl (C=O) groups excluding carboxylic acids is 1. The third kappa shape index (κ3) is 6.76. The van der Waals surface area contributed by atoms with Crippen LogP contribution in [0.15, 0.2) is 22.8 Å². The molecule has 0 aromatic carbocycles. The van der Waals surface area contributed by atoms with Crippen molar-refractivity contribution in [2.75, 3.05) is 6.61 Å². The predicted octanol–water partition coefficient (Wildman–Crippen LogP) is 7.43. The lowest BCUT2D eigenvalue weighted by Crippen LogP contribution is -2.48. The lowest BCUT2D eigenvalue weighted by molar-refractivity contribution is -0.169. The standard InChI is InChI=1S/C28H45FO3/c1-5-15-28(16-7-8-26(30)23-10-9-20(3)21(4)17-23)19-25(31-6-2)18-27(32-28)22-11-13-24(29)14-12-22/h11,23-25,27H,5-10,12-19H2,1-4H3. The second-order valence-electron chi connectivity index (χ2n) is 10.5. The van der Waals surface area contributed by atoms with Gasteiger partial charge in [0.1, 0.15) is 12.0 Å². The number of carbonyl (C=O) groups is 1. The Bertz CT molecular complexity index is 697. The average Bonchev–Trinajstić information content (AvgIpc) is 2.76. The zero-order chi connectivity index (χ0) is 23.1. The highest BCUT2D eigenvalue weighted by Crippen LogP contribution is 2.42. The molecule has 5 atom stereocenters. The average molecular weight is 449 g/mol. The van der Waals surface area contributed by atoms with E-state index < -0.39 is 6.17 Å². The van der Waals surface area contributed by atoms with E-state index in [9.17, 15) is 9.18 Å². The largest absolute Gasteiger partial charge is 0.378 e. The van der Waals surface area contributed by atoms with Gasteiger partial charge in [0.2, 0.25) is 0 Å². The molecule has 0 N–H and O–H groups in total. The maximum absolute atomic E-state index is 13.7. The summed E-state index contributed by atoms with van der Waals surface area (Å²) in [6.45, 7) is 9.35. The zero-order valence-electron chi connectivity index (χ0n) is 20.9. The van der Waals surface area contributed by atoms with Gasteiger partial charge in [0, 0.05) is 31.8 Å². The van der Waals surface area contributed by atoms with Crippen LogP contribution in [0.25, 0.3) is 0 Å². The fourth-order valence-corrected chi connectivity index (χ4v) is 6.06. The van der Waals surface area contributed by atoms with Gasteiger partial charge >= 0.3 is 0 Å². The molecular formula is C28H45FO3. The zero-order valence-corrected chi connectivity index (χ0v) is 20.9. The molecule has 32 heavy (non-hydrogen) atoms. The van der Waals surface area contributed by atoms with Crippen LogP contribution in [0.3, 0.4) is 0 Å². The normalized spacial score (nSPS) is 33.8. The minimum atomic E-state index is -0.710. The van der Waals surface area contributed by atoms with Gasteiger partial charge in [-0.1, -0.05) is 30.6 Å². The number of hydrogen-bond donors (Lipinski definition) is 0. The summed E-state index contributed by atoms with van der Waals surface area (Å²) in [7, 11) is 0. The lowest BCUT2D eigenvalue weighted by atomic mass is 9.78. The van der Waals surface area contributed by atoms with E-state index in [2.05, 4.69) is 33.8 Å². The summed E-state index contributed by atoms with van der Waals surface area (Å²) in [5, 5.41) is 0. The first-order valence-electron chi connectivity index (χ1n) is 13.2. The summed E-state index contributed by atoms with van der Waals surface area (Å²) in [5.74, 6) is 0.638. The number of hydrogen-bond acceptors (Lipinski definition) is 3. The van der Waals surface area contributed by atoms with Crippen molar-refractivity contribution in [3.8, 4) is 0 Å². The minimum Gasteiger partial charge on any atom is -0.378 e. The van der Waals surface area contributed by atoms with Gasteiger partial charge in [0.15, 0.2) is 0 Å². The van der Waals surface area contributed by atoms with E-state index in [1.807, 2.05) is 0 Å². The molecular weight excluding hydrogens is 403 g/mol. The highest BCUT2D eigenvalue weighted by Gasteiger charge is 2.42. The summed E-state index contributed by atoms with van der Waals surface area (Å²) in [4.78, 5) is 12.9. The van der Waals surface area contributed by atoms with E-state index in [0.29, 0.717) is 31.7 Å². The Labute approximate surface area is 195 Å². The van der Waals surface area contributed by atoms with Crippen molar-refractivity contribution in [3.63, 3.8) is 0 Å². The van der Waals surface area contributed by atoms with Crippen molar-refractivity contribution in [2.45, 2.75) is 135 Å². The summed E-state index contributed by atoms with van der Waals surface area (Å²) in [5.41, 5.74) is 3.91. The Morgan fingerprint density at radius 3 is 2.66 bits per heavy atom. The molecule has 5 unspecified atom stereocenters. The van der Waals surface area contributed by atoms with Crippen molar-refractivity contribution in [1.29, 1.82) is 0 Å². The van der Waals surface area contributed by atoms with E-state index in [-0.39, 0.29) is 23.7 Å². The number of halogens is 1. The van der Waals surface area contributed by atoms with E-state index in [0.717, 1.165) is 64.2 Å². The molecule has 1 fully saturated rings. The number of Topliss-reactive ketones (excluding diaryl/α,β-unsaturated/α-hetero) is 1. The van der Waals surface area contributed by atoms with E-state index in [1.54, 1.807) is 0 Å². The third-order valence-electron chi connectivity index (χ3n) is 8.03. The highest BCUT2D eigenvalue weighted by atomic mass is 19.1. The predicted molar refractivity (Wildman–Crippen MR) is 129 cm³/mol. The highest BCUT2D eigenvalue weighted by molar-refractivity contribution is 5.81. The first-order chi connectivity index (χ1) is 15.4. The van der Waals surface area contributed by atoms with Crippen LogP contribution in [-0.4, -0.2) is 36.4 Å². The molecule has 1 saturated heterocycles. The van der Waals surface area contributed by atoms with Gasteiger partial charge in [-0.05, 0) is 84.1 Å². The molecule has 0 aromatic rings. The Balaban J connectivity index is 1.64. The first kappa shape index (κ1) is 25.6. The molecule has 0 aromatic heterocycles. The van der Waals surface area contributed by atoms with E-state index >= 15 is 0 Å². The van der Waals surface area contributed by atoms with Crippen LogP contribution in [0.5, 0.6) is 0 Å².